The zero-order chi connectivity index (χ0) is 24.1. The SMILES string of the molecule is CC1CCC2(CC1)NC(=O)N(NC(=O)CN1C(=O)NC(C)(c3ccc(Cl)cc3Cl)C1=O)C2=O. The second kappa shape index (κ2) is 8.18. The van der Waals surface area contributed by atoms with Crippen LogP contribution in [0.4, 0.5) is 9.59 Å². The molecule has 2 aliphatic heterocycles. The average molecular weight is 496 g/mol. The number of benzene rings is 1. The van der Waals surface area contributed by atoms with Crippen LogP contribution in [0.1, 0.15) is 45.1 Å². The van der Waals surface area contributed by atoms with Gasteiger partial charge in [-0.15, -0.1) is 0 Å². The van der Waals surface area contributed by atoms with E-state index in [1.165, 1.54) is 25.1 Å². The number of urea groups is 2. The molecule has 1 saturated carbocycles. The maximum Gasteiger partial charge on any atom is 0.344 e. The van der Waals surface area contributed by atoms with Crippen LogP contribution in [0.25, 0.3) is 0 Å². The molecule has 1 spiro atoms. The Labute approximate surface area is 199 Å². The topological polar surface area (TPSA) is 128 Å². The van der Waals surface area contributed by atoms with E-state index in [0.717, 1.165) is 12.8 Å². The molecule has 1 aromatic rings. The van der Waals surface area contributed by atoms with E-state index < -0.39 is 47.4 Å². The number of nitrogens with zero attached hydrogens (tertiary/aromatic N) is 2. The van der Waals surface area contributed by atoms with Crippen LogP contribution in [-0.2, 0) is 19.9 Å². The fourth-order valence-corrected chi connectivity index (χ4v) is 5.13. The Bertz CT molecular complexity index is 1070. The van der Waals surface area contributed by atoms with Crippen LogP contribution in [0.2, 0.25) is 10.0 Å². The molecule has 0 aromatic heterocycles. The highest BCUT2D eigenvalue weighted by molar-refractivity contribution is 6.35. The van der Waals surface area contributed by atoms with Gasteiger partial charge in [0.15, 0.2) is 0 Å². The van der Waals surface area contributed by atoms with Crippen LogP contribution < -0.4 is 16.1 Å². The average Bonchev–Trinajstić information content (AvgIpc) is 3.10. The van der Waals surface area contributed by atoms with Gasteiger partial charge >= 0.3 is 12.1 Å². The first-order valence-corrected chi connectivity index (χ1v) is 11.3. The van der Waals surface area contributed by atoms with Gasteiger partial charge in [0, 0.05) is 15.6 Å². The van der Waals surface area contributed by atoms with Crippen molar-refractivity contribution < 1.29 is 24.0 Å². The molecule has 3 aliphatic rings. The first-order valence-electron chi connectivity index (χ1n) is 10.5. The molecule has 10 nitrogen and oxygen atoms in total. The van der Waals surface area contributed by atoms with Crippen molar-refractivity contribution >= 4 is 53.0 Å². The molecule has 176 valence electrons. The number of hydrazine groups is 1. The van der Waals surface area contributed by atoms with Crippen molar-refractivity contribution in [2.24, 2.45) is 5.92 Å². The van der Waals surface area contributed by atoms with Crippen LogP contribution >= 0.6 is 23.2 Å². The molecule has 1 aliphatic carbocycles. The second-order valence-corrected chi connectivity index (χ2v) is 9.78. The van der Waals surface area contributed by atoms with Crippen molar-refractivity contribution in [1.29, 1.82) is 0 Å². The van der Waals surface area contributed by atoms with Crippen LogP contribution in [-0.4, -0.2) is 51.8 Å². The lowest BCUT2D eigenvalue weighted by Crippen LogP contribution is -2.53. The second-order valence-electron chi connectivity index (χ2n) is 8.94. The van der Waals surface area contributed by atoms with Crippen molar-refractivity contribution in [2.45, 2.75) is 50.6 Å². The molecule has 33 heavy (non-hydrogen) atoms. The van der Waals surface area contributed by atoms with Gasteiger partial charge in [-0.2, -0.15) is 5.01 Å². The molecule has 7 amide bonds. The van der Waals surface area contributed by atoms with E-state index in [4.69, 9.17) is 23.2 Å². The number of imide groups is 2. The van der Waals surface area contributed by atoms with Gasteiger partial charge in [0.2, 0.25) is 0 Å². The fraction of sp³-hybridized carbons (Fsp3) is 0.476. The number of carbonyl (C=O) groups is 5. The maximum absolute atomic E-state index is 13.1. The highest BCUT2D eigenvalue weighted by Crippen LogP contribution is 2.36. The van der Waals surface area contributed by atoms with Gasteiger partial charge in [0.25, 0.3) is 17.7 Å². The maximum atomic E-state index is 13.1. The normalized spacial score (nSPS) is 29.5. The standard InChI is InChI=1S/C21H23Cl2N5O5/c1-11-5-7-21(8-6-11)17(31)28(19(33)25-21)26-15(29)10-27-16(30)20(2,24-18(27)32)13-4-3-12(22)9-14(13)23/h3-4,9,11H,5-8,10H2,1-2H3,(H,24,32)(H,25,33)(H,26,29). The van der Waals surface area contributed by atoms with Gasteiger partial charge in [-0.1, -0.05) is 36.2 Å². The summed E-state index contributed by atoms with van der Waals surface area (Å²) in [5.74, 6) is -1.66. The number of hydrogen-bond donors (Lipinski definition) is 3. The summed E-state index contributed by atoms with van der Waals surface area (Å²) in [5.41, 5.74) is 0.0103. The number of amides is 7. The molecule has 2 saturated heterocycles. The zero-order valence-corrected chi connectivity index (χ0v) is 19.5. The predicted molar refractivity (Wildman–Crippen MR) is 118 cm³/mol. The number of rotatable bonds is 4. The van der Waals surface area contributed by atoms with Crippen molar-refractivity contribution in [2.75, 3.05) is 6.54 Å². The van der Waals surface area contributed by atoms with Crippen molar-refractivity contribution in [3.05, 3.63) is 33.8 Å². The Hall–Kier alpha value is -2.85. The molecule has 0 radical (unpaired) electrons. The monoisotopic (exact) mass is 495 g/mol. The van der Waals surface area contributed by atoms with E-state index in [0.29, 0.717) is 39.3 Å². The molecule has 12 heteroatoms. The smallest absolute Gasteiger partial charge is 0.322 e. The summed E-state index contributed by atoms with van der Waals surface area (Å²) in [6.07, 6.45) is 2.53. The van der Waals surface area contributed by atoms with Crippen LogP contribution in [0, 0.1) is 5.92 Å². The third kappa shape index (κ3) is 3.91. The quantitative estimate of drug-likeness (QED) is 0.552. The summed E-state index contributed by atoms with van der Waals surface area (Å²) >= 11 is 12.1. The molecular formula is C21H23Cl2N5O5. The number of nitrogens with one attached hydrogen (secondary N) is 3. The summed E-state index contributed by atoms with van der Waals surface area (Å²) in [6.45, 7) is 2.86. The summed E-state index contributed by atoms with van der Waals surface area (Å²) in [4.78, 5) is 64.2. The minimum atomic E-state index is -1.51. The minimum Gasteiger partial charge on any atom is -0.322 e. The van der Waals surface area contributed by atoms with Gasteiger partial charge in [0.1, 0.15) is 17.6 Å². The highest BCUT2D eigenvalue weighted by atomic mass is 35.5. The molecule has 3 fully saturated rings. The van der Waals surface area contributed by atoms with E-state index in [2.05, 4.69) is 23.0 Å². The first-order chi connectivity index (χ1) is 15.5. The lowest BCUT2D eigenvalue weighted by Gasteiger charge is -2.33. The number of hydrogen-bond acceptors (Lipinski definition) is 5. The molecule has 4 rings (SSSR count). The van der Waals surface area contributed by atoms with E-state index in [9.17, 15) is 24.0 Å². The Balaban J connectivity index is 1.45. The Morgan fingerprint density at radius 1 is 1.09 bits per heavy atom. The van der Waals surface area contributed by atoms with Gasteiger partial charge in [-0.05, 0) is 50.7 Å². The van der Waals surface area contributed by atoms with E-state index in [1.54, 1.807) is 0 Å². The molecule has 1 aromatic carbocycles. The first kappa shape index (κ1) is 23.3. The summed E-state index contributed by atoms with van der Waals surface area (Å²) < 4.78 is 0. The fourth-order valence-electron chi connectivity index (χ4n) is 4.54. The van der Waals surface area contributed by atoms with Crippen LogP contribution in [0.15, 0.2) is 18.2 Å². The van der Waals surface area contributed by atoms with Gasteiger partial charge in [-0.3, -0.25) is 24.7 Å². The summed E-state index contributed by atoms with van der Waals surface area (Å²) in [6, 6.07) is 2.95. The lowest BCUT2D eigenvalue weighted by atomic mass is 9.77. The van der Waals surface area contributed by atoms with E-state index in [1.807, 2.05) is 0 Å². The Kier molecular flexibility index (Phi) is 5.78. The molecule has 0 bridgehead atoms. The largest absolute Gasteiger partial charge is 0.344 e. The van der Waals surface area contributed by atoms with Gasteiger partial charge in [-0.25, -0.2) is 9.59 Å². The molecule has 1 atom stereocenters. The lowest BCUT2D eigenvalue weighted by molar-refractivity contribution is -0.141. The Morgan fingerprint density at radius 2 is 1.76 bits per heavy atom. The van der Waals surface area contributed by atoms with Crippen molar-refractivity contribution in [3.63, 3.8) is 0 Å². The van der Waals surface area contributed by atoms with Crippen molar-refractivity contribution in [3.8, 4) is 0 Å². The highest BCUT2D eigenvalue weighted by Gasteiger charge is 2.54. The van der Waals surface area contributed by atoms with E-state index >= 15 is 0 Å². The molecule has 1 unspecified atom stereocenters. The summed E-state index contributed by atoms with van der Waals surface area (Å²) in [7, 11) is 0. The van der Waals surface area contributed by atoms with Crippen LogP contribution in [0.5, 0.6) is 0 Å². The van der Waals surface area contributed by atoms with E-state index in [-0.39, 0.29) is 5.02 Å². The number of halogens is 2. The third-order valence-electron chi connectivity index (χ3n) is 6.57. The minimum absolute atomic E-state index is 0.177. The van der Waals surface area contributed by atoms with Gasteiger partial charge < -0.3 is 10.6 Å². The van der Waals surface area contributed by atoms with Crippen LogP contribution in [0.3, 0.4) is 0 Å². The molecular weight excluding hydrogens is 473 g/mol. The van der Waals surface area contributed by atoms with Crippen molar-refractivity contribution in [1.82, 2.24) is 26.0 Å². The number of carbonyl (C=O) groups excluding carboxylic acids is 5. The molecule has 2 heterocycles. The third-order valence-corrected chi connectivity index (χ3v) is 7.12. The Morgan fingerprint density at radius 3 is 2.39 bits per heavy atom. The predicted octanol–water partition coefficient (Wildman–Crippen LogP) is 2.29. The molecule has 3 N–H and O–H groups in total. The summed E-state index contributed by atoms with van der Waals surface area (Å²) in [5, 5.41) is 6.40. The van der Waals surface area contributed by atoms with Gasteiger partial charge in [0.05, 0.1) is 0 Å². The zero-order valence-electron chi connectivity index (χ0n) is 18.0.